The summed E-state index contributed by atoms with van der Waals surface area (Å²) in [6, 6.07) is 0. The first-order valence-electron chi connectivity index (χ1n) is 3.60. The summed E-state index contributed by atoms with van der Waals surface area (Å²) in [5, 5.41) is 0. The molecule has 59 valence electrons. The summed E-state index contributed by atoms with van der Waals surface area (Å²) in [7, 11) is 0. The van der Waals surface area contributed by atoms with Crippen LogP contribution in [0.1, 0.15) is 32.6 Å². The van der Waals surface area contributed by atoms with Gasteiger partial charge in [0.05, 0.1) is 0 Å². The molecule has 10 heavy (non-hydrogen) atoms. The van der Waals surface area contributed by atoms with Crippen LogP contribution in [0, 0.1) is 6.58 Å². The van der Waals surface area contributed by atoms with Gasteiger partial charge in [0.1, 0.15) is 0 Å². The van der Waals surface area contributed by atoms with Crippen molar-refractivity contribution in [3.8, 4) is 0 Å². The van der Waals surface area contributed by atoms with Crippen LogP contribution in [0.15, 0.2) is 4.48 Å². The Morgan fingerprint density at radius 1 is 1.50 bits per heavy atom. The van der Waals surface area contributed by atoms with Crippen LogP contribution < -0.4 is 0 Å². The predicted molar refractivity (Wildman–Crippen MR) is 53.6 cm³/mol. The fourth-order valence-corrected chi connectivity index (χ4v) is 1.26. The molecule has 0 heterocycles. The maximum Gasteiger partial charge on any atom is 0.0461 e. The SMILES string of the molecule is [CH]=C(Br)C(Br)CCCCC. The molecular formula is C8H13Br2. The molecule has 0 N–H and O–H groups in total. The third-order valence-electron chi connectivity index (χ3n) is 1.36. The standard InChI is InChI=1S/C8H13Br2/c1-3-4-5-6-8(10)7(2)9/h2,8H,3-6H2,1H3. The van der Waals surface area contributed by atoms with E-state index in [1.807, 2.05) is 0 Å². The first kappa shape index (κ1) is 10.7. The van der Waals surface area contributed by atoms with Crippen LogP contribution in [0.25, 0.3) is 0 Å². The van der Waals surface area contributed by atoms with Crippen molar-refractivity contribution in [2.75, 3.05) is 0 Å². The minimum absolute atomic E-state index is 0.346. The van der Waals surface area contributed by atoms with E-state index < -0.39 is 0 Å². The average Bonchev–Trinajstić information content (AvgIpc) is 1.88. The number of halogens is 2. The van der Waals surface area contributed by atoms with Crippen LogP contribution in [0.3, 0.4) is 0 Å². The molecule has 0 aromatic carbocycles. The lowest BCUT2D eigenvalue weighted by atomic mass is 10.1. The fraction of sp³-hybridized carbons (Fsp3) is 0.750. The number of hydrogen-bond acceptors (Lipinski definition) is 0. The summed E-state index contributed by atoms with van der Waals surface area (Å²) in [5.74, 6) is 0. The third-order valence-corrected chi connectivity index (χ3v) is 3.48. The molecule has 0 spiro atoms. The van der Waals surface area contributed by atoms with Gasteiger partial charge in [-0.15, -0.1) is 0 Å². The van der Waals surface area contributed by atoms with Crippen LogP contribution in [-0.4, -0.2) is 4.83 Å². The summed E-state index contributed by atoms with van der Waals surface area (Å²) < 4.78 is 0.809. The smallest absolute Gasteiger partial charge is 0.0461 e. The molecule has 0 aliphatic carbocycles. The Hall–Kier alpha value is 0.700. The minimum Gasteiger partial charge on any atom is -0.0833 e. The highest BCUT2D eigenvalue weighted by Crippen LogP contribution is 2.21. The number of alkyl halides is 1. The largest absolute Gasteiger partial charge is 0.0833 e. The van der Waals surface area contributed by atoms with Crippen molar-refractivity contribution in [1.29, 1.82) is 0 Å². The van der Waals surface area contributed by atoms with Gasteiger partial charge in [-0.1, -0.05) is 64.6 Å². The Morgan fingerprint density at radius 2 is 2.10 bits per heavy atom. The van der Waals surface area contributed by atoms with Crippen LogP contribution in [0.4, 0.5) is 0 Å². The molecule has 1 radical (unpaired) electrons. The molecule has 0 fully saturated rings. The van der Waals surface area contributed by atoms with Crippen LogP contribution in [-0.2, 0) is 0 Å². The van der Waals surface area contributed by atoms with Crippen molar-refractivity contribution in [3.63, 3.8) is 0 Å². The van der Waals surface area contributed by atoms with Gasteiger partial charge < -0.3 is 0 Å². The Bertz CT molecular complexity index is 99.4. The normalized spacial score (nSPS) is 13.1. The summed E-state index contributed by atoms with van der Waals surface area (Å²) >= 11 is 6.70. The van der Waals surface area contributed by atoms with Gasteiger partial charge >= 0.3 is 0 Å². The number of allylic oxidation sites excluding steroid dienone is 1. The van der Waals surface area contributed by atoms with E-state index >= 15 is 0 Å². The number of rotatable bonds is 5. The van der Waals surface area contributed by atoms with Crippen molar-refractivity contribution >= 4 is 31.9 Å². The highest BCUT2D eigenvalue weighted by Gasteiger charge is 2.03. The van der Waals surface area contributed by atoms with E-state index in [-0.39, 0.29) is 0 Å². The lowest BCUT2D eigenvalue weighted by Gasteiger charge is -2.05. The maximum absolute atomic E-state index is 5.50. The van der Waals surface area contributed by atoms with Gasteiger partial charge in [0.2, 0.25) is 0 Å². The monoisotopic (exact) mass is 267 g/mol. The molecule has 0 saturated heterocycles. The van der Waals surface area contributed by atoms with Crippen LogP contribution in [0.5, 0.6) is 0 Å². The van der Waals surface area contributed by atoms with Gasteiger partial charge in [-0.05, 0) is 6.42 Å². The summed E-state index contributed by atoms with van der Waals surface area (Å²) in [6.45, 7) is 7.70. The maximum atomic E-state index is 5.50. The number of hydrogen-bond donors (Lipinski definition) is 0. The van der Waals surface area contributed by atoms with Crippen molar-refractivity contribution in [3.05, 3.63) is 11.1 Å². The Labute approximate surface area is 80.3 Å². The Kier molecular flexibility index (Phi) is 6.86. The molecule has 0 amide bonds. The first-order chi connectivity index (χ1) is 4.68. The second-order valence-corrected chi connectivity index (χ2v) is 4.37. The lowest BCUT2D eigenvalue weighted by Crippen LogP contribution is -1.95. The van der Waals surface area contributed by atoms with Gasteiger partial charge in [0.15, 0.2) is 0 Å². The highest BCUT2D eigenvalue weighted by atomic mass is 79.9. The third kappa shape index (κ3) is 5.48. The van der Waals surface area contributed by atoms with Crippen LogP contribution in [0.2, 0.25) is 0 Å². The fourth-order valence-electron chi connectivity index (χ4n) is 0.711. The number of unbranched alkanes of at least 4 members (excludes halogenated alkanes) is 2. The van der Waals surface area contributed by atoms with E-state index in [9.17, 15) is 0 Å². The van der Waals surface area contributed by atoms with E-state index in [2.05, 4.69) is 38.8 Å². The molecule has 0 rings (SSSR count). The van der Waals surface area contributed by atoms with E-state index in [1.54, 1.807) is 0 Å². The zero-order chi connectivity index (χ0) is 7.98. The molecule has 0 aromatic rings. The molecule has 0 nitrogen and oxygen atoms in total. The first-order valence-corrected chi connectivity index (χ1v) is 5.31. The van der Waals surface area contributed by atoms with Gasteiger partial charge in [-0.2, -0.15) is 0 Å². The van der Waals surface area contributed by atoms with Gasteiger partial charge in [0, 0.05) is 9.31 Å². The average molecular weight is 269 g/mol. The van der Waals surface area contributed by atoms with Gasteiger partial charge in [-0.3, -0.25) is 0 Å². The summed E-state index contributed by atoms with van der Waals surface area (Å²) in [4.78, 5) is 0.346. The molecule has 1 unspecified atom stereocenters. The van der Waals surface area contributed by atoms with Crippen molar-refractivity contribution in [2.24, 2.45) is 0 Å². The molecule has 1 atom stereocenters. The van der Waals surface area contributed by atoms with E-state index in [4.69, 9.17) is 6.58 Å². The molecule has 0 saturated carbocycles. The minimum atomic E-state index is 0.346. The lowest BCUT2D eigenvalue weighted by molar-refractivity contribution is 0.682. The highest BCUT2D eigenvalue weighted by molar-refractivity contribution is 9.14. The van der Waals surface area contributed by atoms with Gasteiger partial charge in [0.25, 0.3) is 0 Å². The summed E-state index contributed by atoms with van der Waals surface area (Å²) in [6.07, 6.45) is 4.94. The Balaban J connectivity index is 3.21. The van der Waals surface area contributed by atoms with E-state index in [1.165, 1.54) is 19.3 Å². The zero-order valence-corrected chi connectivity index (χ0v) is 9.41. The van der Waals surface area contributed by atoms with Crippen molar-refractivity contribution in [2.45, 2.75) is 37.4 Å². The molecule has 0 aromatic heterocycles. The van der Waals surface area contributed by atoms with Crippen molar-refractivity contribution in [1.82, 2.24) is 0 Å². The van der Waals surface area contributed by atoms with Crippen molar-refractivity contribution < 1.29 is 0 Å². The van der Waals surface area contributed by atoms with E-state index in [0.29, 0.717) is 4.83 Å². The zero-order valence-electron chi connectivity index (χ0n) is 6.24. The van der Waals surface area contributed by atoms with Gasteiger partial charge in [-0.25, -0.2) is 0 Å². The molecule has 0 bridgehead atoms. The quantitative estimate of drug-likeness (QED) is 0.522. The Morgan fingerprint density at radius 3 is 2.50 bits per heavy atom. The molecule has 0 aliphatic heterocycles. The summed E-state index contributed by atoms with van der Waals surface area (Å²) in [5.41, 5.74) is 0. The molecule has 2 heteroatoms. The second-order valence-electron chi connectivity index (χ2n) is 2.35. The predicted octanol–water partition coefficient (Wildman–Crippen LogP) is 4.04. The molecular weight excluding hydrogens is 256 g/mol. The van der Waals surface area contributed by atoms with Crippen LogP contribution >= 0.6 is 31.9 Å². The topological polar surface area (TPSA) is 0 Å². The van der Waals surface area contributed by atoms with E-state index in [0.717, 1.165) is 10.9 Å². The second kappa shape index (κ2) is 6.41. The molecule has 0 aliphatic rings.